The lowest BCUT2D eigenvalue weighted by atomic mass is 10.1. The SMILES string of the molecule is CCC(I)c1cc(N2CCN(CCO)CC2)cc(Br)c1Cl. The molecule has 2 rings (SSSR count). The van der Waals surface area contributed by atoms with E-state index < -0.39 is 0 Å². The van der Waals surface area contributed by atoms with Crippen LogP contribution in [0.25, 0.3) is 0 Å². The van der Waals surface area contributed by atoms with E-state index in [2.05, 4.69) is 67.4 Å². The van der Waals surface area contributed by atoms with Crippen LogP contribution in [0.3, 0.4) is 0 Å². The molecule has 1 aromatic rings. The van der Waals surface area contributed by atoms with Gasteiger partial charge in [-0.25, -0.2) is 0 Å². The molecule has 1 atom stereocenters. The van der Waals surface area contributed by atoms with Gasteiger partial charge in [-0.05, 0) is 40.0 Å². The molecule has 1 heterocycles. The third-order valence-electron chi connectivity index (χ3n) is 3.89. The zero-order valence-electron chi connectivity index (χ0n) is 12.2. The van der Waals surface area contributed by atoms with Gasteiger partial charge in [0.15, 0.2) is 0 Å². The molecule has 0 saturated carbocycles. The molecule has 0 radical (unpaired) electrons. The van der Waals surface area contributed by atoms with E-state index in [-0.39, 0.29) is 6.61 Å². The minimum atomic E-state index is 0.240. The van der Waals surface area contributed by atoms with Crippen LogP contribution in [0.5, 0.6) is 0 Å². The van der Waals surface area contributed by atoms with Crippen molar-refractivity contribution in [2.45, 2.75) is 17.3 Å². The van der Waals surface area contributed by atoms with Crippen molar-refractivity contribution in [1.82, 2.24) is 4.90 Å². The average Bonchev–Trinajstić information content (AvgIpc) is 2.50. The van der Waals surface area contributed by atoms with Gasteiger partial charge in [-0.2, -0.15) is 0 Å². The Morgan fingerprint density at radius 3 is 2.57 bits per heavy atom. The molecule has 21 heavy (non-hydrogen) atoms. The molecule has 0 spiro atoms. The van der Waals surface area contributed by atoms with Crippen molar-refractivity contribution < 1.29 is 5.11 Å². The summed E-state index contributed by atoms with van der Waals surface area (Å²) in [4.78, 5) is 4.70. The van der Waals surface area contributed by atoms with Gasteiger partial charge in [0.05, 0.1) is 11.6 Å². The predicted molar refractivity (Wildman–Crippen MR) is 102 cm³/mol. The first-order valence-electron chi connectivity index (χ1n) is 7.28. The third-order valence-corrected chi connectivity index (χ3v) is 6.72. The van der Waals surface area contributed by atoms with E-state index in [0.717, 1.165) is 48.6 Å². The Balaban J connectivity index is 2.16. The predicted octanol–water partition coefficient (Wildman–Crippen LogP) is 4.10. The van der Waals surface area contributed by atoms with E-state index in [4.69, 9.17) is 16.7 Å². The normalized spacial score (nSPS) is 18.0. The van der Waals surface area contributed by atoms with Gasteiger partial charge < -0.3 is 10.0 Å². The maximum Gasteiger partial charge on any atom is 0.0592 e. The first kappa shape index (κ1) is 17.8. The fourth-order valence-electron chi connectivity index (χ4n) is 2.60. The van der Waals surface area contributed by atoms with Crippen LogP contribution in [-0.2, 0) is 0 Å². The summed E-state index contributed by atoms with van der Waals surface area (Å²) in [6.07, 6.45) is 1.07. The van der Waals surface area contributed by atoms with E-state index in [1.54, 1.807) is 0 Å². The van der Waals surface area contributed by atoms with Crippen LogP contribution in [0.2, 0.25) is 5.02 Å². The van der Waals surface area contributed by atoms with Crippen LogP contribution in [0, 0.1) is 0 Å². The van der Waals surface area contributed by atoms with E-state index in [1.807, 2.05) is 0 Å². The number of alkyl halides is 1. The van der Waals surface area contributed by atoms with Gasteiger partial charge in [0.1, 0.15) is 0 Å². The van der Waals surface area contributed by atoms with E-state index in [1.165, 1.54) is 11.3 Å². The van der Waals surface area contributed by atoms with Crippen LogP contribution in [0.15, 0.2) is 16.6 Å². The molecular weight excluding hydrogens is 466 g/mol. The first-order valence-corrected chi connectivity index (χ1v) is 9.69. The molecule has 0 bridgehead atoms. The van der Waals surface area contributed by atoms with Crippen LogP contribution < -0.4 is 4.90 Å². The summed E-state index contributed by atoms with van der Waals surface area (Å²) in [5, 5.41) is 9.85. The second-order valence-corrected chi connectivity index (χ2v) is 7.99. The number of aliphatic hydroxyl groups is 1. The number of β-amino-alcohol motifs (C(OH)–C–C–N with tert-alkyl or cyclic N) is 1. The smallest absolute Gasteiger partial charge is 0.0592 e. The summed E-state index contributed by atoms with van der Waals surface area (Å²) in [5.41, 5.74) is 2.45. The van der Waals surface area contributed by atoms with Crippen molar-refractivity contribution >= 4 is 55.8 Å². The zero-order valence-corrected chi connectivity index (χ0v) is 16.7. The number of aliphatic hydroxyl groups excluding tert-OH is 1. The number of benzene rings is 1. The minimum absolute atomic E-state index is 0.240. The van der Waals surface area contributed by atoms with Gasteiger partial charge in [-0.1, -0.05) is 41.1 Å². The number of piperazine rings is 1. The van der Waals surface area contributed by atoms with Crippen LogP contribution in [0.1, 0.15) is 22.8 Å². The zero-order chi connectivity index (χ0) is 15.4. The molecule has 6 heteroatoms. The fourth-order valence-corrected chi connectivity index (χ4v) is 3.98. The Hall–Kier alpha value is 0.440. The summed E-state index contributed by atoms with van der Waals surface area (Å²) >= 11 is 12.5. The highest BCUT2D eigenvalue weighted by Gasteiger charge is 2.20. The standard InChI is InChI=1S/C15H21BrClIN2O/c1-2-14(18)12-9-11(10-13(16)15(12)17)20-5-3-19(4-6-20)7-8-21/h9-10,14,21H,2-8H2,1H3. The van der Waals surface area contributed by atoms with Gasteiger partial charge in [0.2, 0.25) is 0 Å². The average molecular weight is 488 g/mol. The Labute approximate surface area is 153 Å². The van der Waals surface area contributed by atoms with E-state index in [9.17, 15) is 0 Å². The van der Waals surface area contributed by atoms with Crippen LogP contribution in [0.4, 0.5) is 5.69 Å². The molecule has 0 amide bonds. The van der Waals surface area contributed by atoms with Crippen molar-refractivity contribution in [3.63, 3.8) is 0 Å². The second-order valence-electron chi connectivity index (χ2n) is 5.26. The monoisotopic (exact) mass is 486 g/mol. The quantitative estimate of drug-likeness (QED) is 0.501. The van der Waals surface area contributed by atoms with Gasteiger partial charge in [0.25, 0.3) is 0 Å². The summed E-state index contributed by atoms with van der Waals surface area (Å²) in [6.45, 7) is 7.17. The van der Waals surface area contributed by atoms with Crippen molar-refractivity contribution in [3.8, 4) is 0 Å². The van der Waals surface area contributed by atoms with Crippen molar-refractivity contribution in [1.29, 1.82) is 0 Å². The number of anilines is 1. The summed E-state index contributed by atoms with van der Waals surface area (Å²) < 4.78 is 1.41. The Morgan fingerprint density at radius 2 is 2.00 bits per heavy atom. The molecular formula is C15H21BrClIN2O. The molecule has 118 valence electrons. The molecule has 0 aromatic heterocycles. The van der Waals surface area contributed by atoms with Gasteiger partial charge in [-0.15, -0.1) is 0 Å². The van der Waals surface area contributed by atoms with Gasteiger partial charge >= 0.3 is 0 Å². The first-order chi connectivity index (χ1) is 10.1. The fraction of sp³-hybridized carbons (Fsp3) is 0.600. The maximum absolute atomic E-state index is 9.02. The second kappa shape index (κ2) is 8.34. The molecule has 1 aliphatic heterocycles. The lowest BCUT2D eigenvalue weighted by Crippen LogP contribution is -2.47. The molecule has 1 saturated heterocycles. The molecule has 1 unspecified atom stereocenters. The highest BCUT2D eigenvalue weighted by atomic mass is 127. The lowest BCUT2D eigenvalue weighted by Gasteiger charge is -2.36. The largest absolute Gasteiger partial charge is 0.395 e. The number of hydrogen-bond acceptors (Lipinski definition) is 3. The minimum Gasteiger partial charge on any atom is -0.395 e. The Morgan fingerprint density at radius 1 is 1.33 bits per heavy atom. The topological polar surface area (TPSA) is 26.7 Å². The van der Waals surface area contributed by atoms with Crippen LogP contribution in [-0.4, -0.2) is 49.3 Å². The number of halogens is 3. The van der Waals surface area contributed by atoms with Gasteiger partial charge in [-0.3, -0.25) is 4.90 Å². The molecule has 0 aliphatic carbocycles. The van der Waals surface area contributed by atoms with Gasteiger partial charge in [0, 0.05) is 46.8 Å². The van der Waals surface area contributed by atoms with Crippen molar-refractivity contribution in [2.24, 2.45) is 0 Å². The Bertz CT molecular complexity index is 481. The molecule has 3 nitrogen and oxygen atoms in total. The van der Waals surface area contributed by atoms with E-state index in [0.29, 0.717) is 3.92 Å². The van der Waals surface area contributed by atoms with Crippen molar-refractivity contribution in [3.05, 3.63) is 27.2 Å². The van der Waals surface area contributed by atoms with E-state index >= 15 is 0 Å². The maximum atomic E-state index is 9.02. The third kappa shape index (κ3) is 4.47. The lowest BCUT2D eigenvalue weighted by molar-refractivity contribution is 0.189. The summed E-state index contributed by atoms with van der Waals surface area (Å²) in [6, 6.07) is 4.35. The highest BCUT2D eigenvalue weighted by molar-refractivity contribution is 14.1. The molecule has 1 fully saturated rings. The molecule has 1 N–H and O–H groups in total. The summed E-state index contributed by atoms with van der Waals surface area (Å²) in [5.74, 6) is 0. The van der Waals surface area contributed by atoms with Crippen LogP contribution >= 0.6 is 50.1 Å². The molecule has 1 aromatic carbocycles. The highest BCUT2D eigenvalue weighted by Crippen LogP contribution is 2.39. The number of nitrogens with zero attached hydrogens (tertiary/aromatic N) is 2. The summed E-state index contributed by atoms with van der Waals surface area (Å²) in [7, 11) is 0. The number of hydrogen-bond donors (Lipinski definition) is 1. The van der Waals surface area contributed by atoms with Crippen molar-refractivity contribution in [2.75, 3.05) is 44.2 Å². The number of rotatable bonds is 5. The molecule has 1 aliphatic rings. The Kier molecular flexibility index (Phi) is 7.06.